The number of ether oxygens (including phenoxy) is 1. The number of amides is 2. The number of carbonyl (C=O) groups is 3. The van der Waals surface area contributed by atoms with Crippen molar-refractivity contribution in [1.29, 1.82) is 0 Å². The molecule has 2 amide bonds. The Morgan fingerprint density at radius 3 is 2.22 bits per heavy atom. The van der Waals surface area contributed by atoms with Gasteiger partial charge in [0.1, 0.15) is 11.6 Å². The number of aliphatic carboxylic acids is 1. The van der Waals surface area contributed by atoms with Gasteiger partial charge in [-0.2, -0.15) is 0 Å². The van der Waals surface area contributed by atoms with Gasteiger partial charge in [-0.3, -0.25) is 9.59 Å². The van der Waals surface area contributed by atoms with Crippen LogP contribution >= 0.6 is 0 Å². The van der Waals surface area contributed by atoms with E-state index in [4.69, 9.17) is 9.84 Å². The molecular weight excluding hydrogens is 302 g/mol. The standard InChI is InChI=1S/C15H27N3O5/c1-15(2,3)23-14(22)16-11(5-6-12(19)20)13(21)18-9-7-17(4)8-10-18/h11H,5-10H2,1-4H3,(H,16,22)(H,19,20). The van der Waals surface area contributed by atoms with Crippen molar-refractivity contribution in [2.75, 3.05) is 33.2 Å². The number of piperazine rings is 1. The number of likely N-dealkylation sites (N-methyl/N-ethyl adjacent to an activating group) is 1. The number of hydrogen-bond acceptors (Lipinski definition) is 5. The van der Waals surface area contributed by atoms with E-state index in [1.165, 1.54) is 0 Å². The minimum atomic E-state index is -1.01. The van der Waals surface area contributed by atoms with E-state index < -0.39 is 23.7 Å². The Bertz CT molecular complexity index is 439. The quantitative estimate of drug-likeness (QED) is 0.763. The number of carboxylic acid groups (broad SMARTS) is 1. The number of rotatable bonds is 5. The van der Waals surface area contributed by atoms with Crippen LogP contribution in [0.15, 0.2) is 0 Å². The van der Waals surface area contributed by atoms with Gasteiger partial charge in [0.05, 0.1) is 0 Å². The van der Waals surface area contributed by atoms with Gasteiger partial charge in [-0.15, -0.1) is 0 Å². The lowest BCUT2D eigenvalue weighted by Crippen LogP contribution is -2.54. The smallest absolute Gasteiger partial charge is 0.408 e. The summed E-state index contributed by atoms with van der Waals surface area (Å²) >= 11 is 0. The molecule has 0 aromatic rings. The molecule has 1 aliphatic heterocycles. The van der Waals surface area contributed by atoms with Gasteiger partial charge in [0.15, 0.2) is 0 Å². The molecule has 0 radical (unpaired) electrons. The van der Waals surface area contributed by atoms with Crippen molar-refractivity contribution < 1.29 is 24.2 Å². The first kappa shape index (κ1) is 19.2. The summed E-state index contributed by atoms with van der Waals surface area (Å²) in [6.07, 6.45) is -0.866. The van der Waals surface area contributed by atoms with E-state index in [2.05, 4.69) is 10.2 Å². The maximum Gasteiger partial charge on any atom is 0.408 e. The topological polar surface area (TPSA) is 99.2 Å². The Hall–Kier alpha value is -1.83. The van der Waals surface area contributed by atoms with Crippen molar-refractivity contribution >= 4 is 18.0 Å². The predicted octanol–water partition coefficient (Wildman–Crippen LogP) is 0.519. The molecule has 8 nitrogen and oxygen atoms in total. The predicted molar refractivity (Wildman–Crippen MR) is 84.1 cm³/mol. The van der Waals surface area contributed by atoms with E-state index in [0.717, 1.165) is 13.1 Å². The fraction of sp³-hybridized carbons (Fsp3) is 0.800. The lowest BCUT2D eigenvalue weighted by Gasteiger charge is -2.34. The summed E-state index contributed by atoms with van der Waals surface area (Å²) < 4.78 is 5.15. The molecule has 2 N–H and O–H groups in total. The first-order valence-corrected chi connectivity index (χ1v) is 7.77. The van der Waals surface area contributed by atoms with Crippen molar-refractivity contribution in [3.8, 4) is 0 Å². The van der Waals surface area contributed by atoms with Gasteiger partial charge in [0.25, 0.3) is 0 Å². The largest absolute Gasteiger partial charge is 0.481 e. The molecule has 1 fully saturated rings. The molecule has 0 saturated carbocycles. The molecule has 0 aromatic heterocycles. The third kappa shape index (κ3) is 7.32. The first-order valence-electron chi connectivity index (χ1n) is 7.77. The van der Waals surface area contributed by atoms with Crippen molar-refractivity contribution in [1.82, 2.24) is 15.1 Å². The highest BCUT2D eigenvalue weighted by molar-refractivity contribution is 5.86. The molecule has 1 saturated heterocycles. The van der Waals surface area contributed by atoms with Gasteiger partial charge < -0.3 is 25.0 Å². The number of alkyl carbamates (subject to hydrolysis) is 1. The van der Waals surface area contributed by atoms with Crippen LogP contribution in [-0.4, -0.2) is 77.7 Å². The summed E-state index contributed by atoms with van der Waals surface area (Å²) in [6.45, 7) is 7.81. The van der Waals surface area contributed by atoms with Crippen molar-refractivity contribution in [2.24, 2.45) is 0 Å². The van der Waals surface area contributed by atoms with Crippen LogP contribution in [0.25, 0.3) is 0 Å². The van der Waals surface area contributed by atoms with Gasteiger partial charge in [-0.1, -0.05) is 0 Å². The number of nitrogens with zero attached hydrogens (tertiary/aromatic N) is 2. The molecule has 1 unspecified atom stereocenters. The molecule has 132 valence electrons. The number of nitrogens with one attached hydrogen (secondary N) is 1. The maximum absolute atomic E-state index is 12.6. The van der Waals surface area contributed by atoms with Gasteiger partial charge >= 0.3 is 12.1 Å². The zero-order valence-corrected chi connectivity index (χ0v) is 14.3. The number of carbonyl (C=O) groups excluding carboxylic acids is 2. The second-order valence-electron chi connectivity index (χ2n) is 6.76. The lowest BCUT2D eigenvalue weighted by molar-refractivity contribution is -0.138. The molecule has 0 bridgehead atoms. The Balaban J connectivity index is 2.68. The highest BCUT2D eigenvalue weighted by Gasteiger charge is 2.29. The molecule has 8 heteroatoms. The van der Waals surface area contributed by atoms with E-state index >= 15 is 0 Å². The average molecular weight is 329 g/mol. The van der Waals surface area contributed by atoms with E-state index in [1.807, 2.05) is 7.05 Å². The summed E-state index contributed by atoms with van der Waals surface area (Å²) in [5, 5.41) is 11.3. The van der Waals surface area contributed by atoms with Crippen LogP contribution in [0.5, 0.6) is 0 Å². The zero-order valence-electron chi connectivity index (χ0n) is 14.3. The third-order valence-electron chi connectivity index (χ3n) is 3.45. The Kier molecular flexibility index (Phi) is 6.80. The Labute approximate surface area is 136 Å². The van der Waals surface area contributed by atoms with Crippen LogP contribution in [0.1, 0.15) is 33.6 Å². The summed E-state index contributed by atoms with van der Waals surface area (Å²) in [7, 11) is 1.97. The molecule has 23 heavy (non-hydrogen) atoms. The van der Waals surface area contributed by atoms with Crippen LogP contribution < -0.4 is 5.32 Å². The van der Waals surface area contributed by atoms with E-state index in [-0.39, 0.29) is 18.7 Å². The fourth-order valence-electron chi connectivity index (χ4n) is 2.22. The van der Waals surface area contributed by atoms with Crippen LogP contribution in [-0.2, 0) is 14.3 Å². The first-order chi connectivity index (χ1) is 10.6. The average Bonchev–Trinajstić information content (AvgIpc) is 2.41. The van der Waals surface area contributed by atoms with Gasteiger partial charge in [-0.05, 0) is 34.2 Å². The lowest BCUT2D eigenvalue weighted by atomic mass is 10.1. The minimum absolute atomic E-state index is 0.0414. The summed E-state index contributed by atoms with van der Waals surface area (Å²) in [5.41, 5.74) is -0.682. The van der Waals surface area contributed by atoms with E-state index in [0.29, 0.717) is 13.1 Å². The molecule has 1 atom stereocenters. The van der Waals surface area contributed by atoms with Gasteiger partial charge in [0.2, 0.25) is 5.91 Å². The van der Waals surface area contributed by atoms with Crippen LogP contribution in [0.2, 0.25) is 0 Å². The molecular formula is C15H27N3O5. The molecule has 1 aliphatic rings. The van der Waals surface area contributed by atoms with Crippen molar-refractivity contribution in [3.05, 3.63) is 0 Å². The summed E-state index contributed by atoms with van der Waals surface area (Å²) in [4.78, 5) is 39.0. The zero-order chi connectivity index (χ0) is 17.6. The SMILES string of the molecule is CN1CCN(C(=O)C(CCC(=O)O)NC(=O)OC(C)(C)C)CC1. The van der Waals surface area contributed by atoms with E-state index in [9.17, 15) is 14.4 Å². The Morgan fingerprint density at radius 1 is 1.17 bits per heavy atom. The second-order valence-corrected chi connectivity index (χ2v) is 6.76. The second kappa shape index (κ2) is 8.14. The number of carboxylic acids is 1. The molecule has 0 spiro atoms. The molecule has 0 aromatic carbocycles. The van der Waals surface area contributed by atoms with Gasteiger partial charge in [-0.25, -0.2) is 4.79 Å². The highest BCUT2D eigenvalue weighted by atomic mass is 16.6. The van der Waals surface area contributed by atoms with Crippen LogP contribution in [0.4, 0.5) is 4.79 Å². The molecule has 0 aliphatic carbocycles. The molecule has 1 rings (SSSR count). The van der Waals surface area contributed by atoms with Crippen LogP contribution in [0, 0.1) is 0 Å². The van der Waals surface area contributed by atoms with Gasteiger partial charge in [0, 0.05) is 32.6 Å². The van der Waals surface area contributed by atoms with Crippen LogP contribution in [0.3, 0.4) is 0 Å². The summed E-state index contributed by atoms with van der Waals surface area (Å²) in [6, 6.07) is -0.885. The summed E-state index contributed by atoms with van der Waals surface area (Å²) in [5.74, 6) is -1.27. The van der Waals surface area contributed by atoms with Crippen molar-refractivity contribution in [2.45, 2.75) is 45.3 Å². The van der Waals surface area contributed by atoms with E-state index in [1.54, 1.807) is 25.7 Å². The number of hydrogen-bond donors (Lipinski definition) is 2. The fourth-order valence-corrected chi connectivity index (χ4v) is 2.22. The molecule has 1 heterocycles. The monoisotopic (exact) mass is 329 g/mol. The third-order valence-corrected chi connectivity index (χ3v) is 3.45. The maximum atomic E-state index is 12.6. The van der Waals surface area contributed by atoms with Crippen molar-refractivity contribution in [3.63, 3.8) is 0 Å². The normalized spacial score (nSPS) is 17.5. The Morgan fingerprint density at radius 2 is 1.74 bits per heavy atom. The highest BCUT2D eigenvalue weighted by Crippen LogP contribution is 2.10. The minimum Gasteiger partial charge on any atom is -0.481 e.